The van der Waals surface area contributed by atoms with E-state index in [4.69, 9.17) is 9.47 Å². The molecule has 0 aliphatic rings. The Morgan fingerprint density at radius 3 is 2.42 bits per heavy atom. The molecular formula is C17H15F2NO4. The highest BCUT2D eigenvalue weighted by Gasteiger charge is 2.18. The van der Waals surface area contributed by atoms with Gasteiger partial charge in [0.1, 0.15) is 5.82 Å². The average molecular weight is 335 g/mol. The number of hydrogen-bond donors (Lipinski definition) is 1. The zero-order valence-corrected chi connectivity index (χ0v) is 12.8. The Bertz CT molecular complexity index is 719. The van der Waals surface area contributed by atoms with Crippen molar-refractivity contribution in [3.05, 3.63) is 60.2 Å². The van der Waals surface area contributed by atoms with Gasteiger partial charge in [-0.05, 0) is 43.3 Å². The van der Waals surface area contributed by atoms with Gasteiger partial charge in [-0.1, -0.05) is 12.1 Å². The number of amides is 1. The van der Waals surface area contributed by atoms with E-state index in [0.29, 0.717) is 5.69 Å². The number of carbonyl (C=O) groups excluding carboxylic acids is 2. The number of benzene rings is 2. The first-order valence-electron chi connectivity index (χ1n) is 7.09. The number of rotatable bonds is 6. The number of esters is 1. The van der Waals surface area contributed by atoms with Crippen molar-refractivity contribution >= 4 is 17.6 Å². The van der Waals surface area contributed by atoms with Gasteiger partial charge in [0.15, 0.2) is 24.3 Å². The predicted molar refractivity (Wildman–Crippen MR) is 82.5 cm³/mol. The molecule has 0 spiro atoms. The van der Waals surface area contributed by atoms with Crippen LogP contribution in [0.15, 0.2) is 48.5 Å². The van der Waals surface area contributed by atoms with E-state index in [0.717, 1.165) is 0 Å². The van der Waals surface area contributed by atoms with E-state index in [1.807, 2.05) is 0 Å². The molecule has 2 aromatic rings. The van der Waals surface area contributed by atoms with Gasteiger partial charge in [0.25, 0.3) is 5.91 Å². The van der Waals surface area contributed by atoms with E-state index < -0.39 is 36.2 Å². The molecule has 0 bridgehead atoms. The highest BCUT2D eigenvalue weighted by Crippen LogP contribution is 2.15. The summed E-state index contributed by atoms with van der Waals surface area (Å²) >= 11 is 0. The fraction of sp³-hybridized carbons (Fsp3) is 0.176. The van der Waals surface area contributed by atoms with Gasteiger partial charge in [-0.25, -0.2) is 13.6 Å². The predicted octanol–water partition coefficient (Wildman–Crippen LogP) is 2.91. The number of nitrogens with one attached hydrogen (secondary N) is 1. The first-order valence-corrected chi connectivity index (χ1v) is 7.09. The molecule has 1 amide bonds. The SMILES string of the molecule is C[C@H](OC(=O)COc1ccccc1F)C(=O)Nc1ccc(F)cc1. The van der Waals surface area contributed by atoms with Gasteiger partial charge in [0, 0.05) is 5.69 Å². The zero-order valence-electron chi connectivity index (χ0n) is 12.8. The zero-order chi connectivity index (χ0) is 17.5. The van der Waals surface area contributed by atoms with Crippen molar-refractivity contribution in [1.82, 2.24) is 0 Å². The molecule has 0 heterocycles. The van der Waals surface area contributed by atoms with Gasteiger partial charge in [-0.15, -0.1) is 0 Å². The minimum Gasteiger partial charge on any atom is -0.479 e. The molecule has 1 N–H and O–H groups in total. The van der Waals surface area contributed by atoms with Crippen LogP contribution in [0, 0.1) is 11.6 Å². The van der Waals surface area contributed by atoms with Crippen molar-refractivity contribution in [3.63, 3.8) is 0 Å². The van der Waals surface area contributed by atoms with Crippen LogP contribution >= 0.6 is 0 Å². The van der Waals surface area contributed by atoms with E-state index >= 15 is 0 Å². The largest absolute Gasteiger partial charge is 0.479 e. The van der Waals surface area contributed by atoms with Crippen molar-refractivity contribution < 1.29 is 27.8 Å². The lowest BCUT2D eigenvalue weighted by atomic mass is 10.3. The van der Waals surface area contributed by atoms with Crippen molar-refractivity contribution in [2.75, 3.05) is 11.9 Å². The fourth-order valence-electron chi connectivity index (χ4n) is 1.76. The van der Waals surface area contributed by atoms with Gasteiger partial charge >= 0.3 is 5.97 Å². The molecule has 7 heteroatoms. The maximum Gasteiger partial charge on any atom is 0.344 e. The van der Waals surface area contributed by atoms with Crippen LogP contribution in [0.1, 0.15) is 6.92 Å². The number of ether oxygens (including phenoxy) is 2. The maximum absolute atomic E-state index is 13.3. The molecule has 24 heavy (non-hydrogen) atoms. The molecular weight excluding hydrogens is 320 g/mol. The Morgan fingerprint density at radius 1 is 1.08 bits per heavy atom. The number of para-hydroxylation sites is 1. The van der Waals surface area contributed by atoms with Crippen molar-refractivity contribution in [3.8, 4) is 5.75 Å². The first-order chi connectivity index (χ1) is 11.5. The summed E-state index contributed by atoms with van der Waals surface area (Å²) in [6, 6.07) is 10.7. The standard InChI is InChI=1S/C17H15F2NO4/c1-11(17(22)20-13-8-6-12(18)7-9-13)24-16(21)10-23-15-5-3-2-4-14(15)19/h2-9,11H,10H2,1H3,(H,20,22)/t11-/m0/s1. The van der Waals surface area contributed by atoms with Crippen LogP contribution in [-0.4, -0.2) is 24.6 Å². The van der Waals surface area contributed by atoms with Crippen molar-refractivity contribution in [1.29, 1.82) is 0 Å². The molecule has 126 valence electrons. The van der Waals surface area contributed by atoms with Crippen LogP contribution < -0.4 is 10.1 Å². The lowest BCUT2D eigenvalue weighted by Crippen LogP contribution is -2.31. The molecule has 0 aliphatic heterocycles. The van der Waals surface area contributed by atoms with Crippen LogP contribution in [-0.2, 0) is 14.3 Å². The molecule has 5 nitrogen and oxygen atoms in total. The Kier molecular flexibility index (Phi) is 5.83. The van der Waals surface area contributed by atoms with Gasteiger partial charge in [0.2, 0.25) is 0 Å². The summed E-state index contributed by atoms with van der Waals surface area (Å²) in [6.45, 7) is 0.842. The van der Waals surface area contributed by atoms with Crippen LogP contribution in [0.3, 0.4) is 0 Å². The first kappa shape index (κ1) is 17.4. The smallest absolute Gasteiger partial charge is 0.344 e. The van der Waals surface area contributed by atoms with Crippen molar-refractivity contribution in [2.24, 2.45) is 0 Å². The van der Waals surface area contributed by atoms with Crippen LogP contribution in [0.2, 0.25) is 0 Å². The maximum atomic E-state index is 13.3. The van der Waals surface area contributed by atoms with E-state index in [1.54, 1.807) is 6.07 Å². The topological polar surface area (TPSA) is 64.6 Å². The summed E-state index contributed by atoms with van der Waals surface area (Å²) in [4.78, 5) is 23.5. The molecule has 0 saturated heterocycles. The second kappa shape index (κ2) is 8.05. The quantitative estimate of drug-likeness (QED) is 0.825. The fourth-order valence-corrected chi connectivity index (χ4v) is 1.76. The molecule has 2 aromatic carbocycles. The molecule has 2 rings (SSSR count). The van der Waals surface area contributed by atoms with Gasteiger partial charge in [-0.2, -0.15) is 0 Å². The second-order valence-corrected chi connectivity index (χ2v) is 4.85. The van der Waals surface area contributed by atoms with Gasteiger partial charge in [-0.3, -0.25) is 4.79 Å². The molecule has 1 atom stereocenters. The van der Waals surface area contributed by atoms with E-state index in [9.17, 15) is 18.4 Å². The molecule has 0 aliphatic carbocycles. The summed E-state index contributed by atoms with van der Waals surface area (Å²) in [5.41, 5.74) is 0.368. The monoisotopic (exact) mass is 335 g/mol. The molecule has 0 radical (unpaired) electrons. The van der Waals surface area contributed by atoms with Crippen LogP contribution in [0.25, 0.3) is 0 Å². The Balaban J connectivity index is 1.81. The lowest BCUT2D eigenvalue weighted by Gasteiger charge is -2.14. The van der Waals surface area contributed by atoms with Crippen LogP contribution in [0.5, 0.6) is 5.75 Å². The number of halogens is 2. The Hall–Kier alpha value is -2.96. The normalized spacial score (nSPS) is 11.5. The number of anilines is 1. The molecule has 0 aromatic heterocycles. The van der Waals surface area contributed by atoms with Crippen molar-refractivity contribution in [2.45, 2.75) is 13.0 Å². The van der Waals surface area contributed by atoms with Gasteiger partial charge in [0.05, 0.1) is 0 Å². The summed E-state index contributed by atoms with van der Waals surface area (Å²) in [5.74, 6) is -2.52. The summed E-state index contributed by atoms with van der Waals surface area (Å²) in [5, 5.41) is 2.47. The van der Waals surface area contributed by atoms with E-state index in [2.05, 4.69) is 5.32 Å². The lowest BCUT2D eigenvalue weighted by molar-refractivity contribution is -0.155. The third kappa shape index (κ3) is 5.05. The summed E-state index contributed by atoms with van der Waals surface area (Å²) in [6.07, 6.45) is -1.09. The highest BCUT2D eigenvalue weighted by atomic mass is 19.1. The number of hydrogen-bond acceptors (Lipinski definition) is 4. The minimum absolute atomic E-state index is 0.0853. The highest BCUT2D eigenvalue weighted by molar-refractivity contribution is 5.95. The van der Waals surface area contributed by atoms with Crippen LogP contribution in [0.4, 0.5) is 14.5 Å². The Labute approximate surface area is 137 Å². The van der Waals surface area contributed by atoms with E-state index in [-0.39, 0.29) is 5.75 Å². The third-order valence-corrected chi connectivity index (χ3v) is 2.97. The minimum atomic E-state index is -1.09. The molecule has 0 unspecified atom stereocenters. The summed E-state index contributed by atoms with van der Waals surface area (Å²) in [7, 11) is 0. The average Bonchev–Trinajstić information content (AvgIpc) is 2.56. The molecule has 0 fully saturated rings. The Morgan fingerprint density at radius 2 is 1.75 bits per heavy atom. The number of carbonyl (C=O) groups is 2. The van der Waals surface area contributed by atoms with E-state index in [1.165, 1.54) is 49.4 Å². The third-order valence-electron chi connectivity index (χ3n) is 2.97. The second-order valence-electron chi connectivity index (χ2n) is 4.85. The molecule has 0 saturated carbocycles. The summed E-state index contributed by atoms with van der Waals surface area (Å²) < 4.78 is 36.0. The van der Waals surface area contributed by atoms with Gasteiger partial charge < -0.3 is 14.8 Å².